The van der Waals surface area contributed by atoms with Crippen LogP contribution < -0.4 is 10.6 Å². The van der Waals surface area contributed by atoms with E-state index in [1.807, 2.05) is 13.0 Å². The van der Waals surface area contributed by atoms with E-state index in [1.165, 1.54) is 0 Å². The van der Waals surface area contributed by atoms with Crippen LogP contribution in [0.15, 0.2) is 18.2 Å². The van der Waals surface area contributed by atoms with Crippen molar-refractivity contribution < 1.29 is 4.79 Å². The number of urea groups is 1. The quantitative estimate of drug-likeness (QED) is 0.849. The van der Waals surface area contributed by atoms with E-state index in [9.17, 15) is 4.79 Å². The van der Waals surface area contributed by atoms with Crippen LogP contribution in [-0.4, -0.2) is 12.6 Å². The summed E-state index contributed by atoms with van der Waals surface area (Å²) in [6, 6.07) is 6.42. The van der Waals surface area contributed by atoms with E-state index in [-0.39, 0.29) is 6.03 Å². The van der Waals surface area contributed by atoms with Crippen molar-refractivity contribution in [2.75, 3.05) is 11.9 Å². The smallest absolute Gasteiger partial charge is 0.319 e. The number of carbonyl (C=O) groups excluding carboxylic acids is 1. The predicted octanol–water partition coefficient (Wildman–Crippen LogP) is 2.74. The van der Waals surface area contributed by atoms with Crippen molar-refractivity contribution in [2.45, 2.75) is 13.3 Å². The number of anilines is 1. The third kappa shape index (κ3) is 3.44. The maximum atomic E-state index is 11.3. The molecule has 0 fully saturated rings. The van der Waals surface area contributed by atoms with Crippen LogP contribution in [-0.2, 0) is 0 Å². The second-order valence-corrected chi connectivity index (χ2v) is 3.59. The summed E-state index contributed by atoms with van der Waals surface area (Å²) >= 11 is 5.82. The van der Waals surface area contributed by atoms with Crippen LogP contribution in [0, 0.1) is 11.3 Å². The van der Waals surface area contributed by atoms with Crippen LogP contribution >= 0.6 is 11.6 Å². The van der Waals surface area contributed by atoms with E-state index >= 15 is 0 Å². The van der Waals surface area contributed by atoms with Gasteiger partial charge in [-0.1, -0.05) is 18.5 Å². The van der Waals surface area contributed by atoms with Crippen molar-refractivity contribution in [3.63, 3.8) is 0 Å². The van der Waals surface area contributed by atoms with Gasteiger partial charge in [0.2, 0.25) is 0 Å². The Labute approximate surface area is 99.2 Å². The molecule has 1 aromatic carbocycles. The number of carbonyl (C=O) groups is 1. The fraction of sp³-hybridized carbons (Fsp3) is 0.273. The fourth-order valence-electron chi connectivity index (χ4n) is 1.10. The van der Waals surface area contributed by atoms with Gasteiger partial charge in [-0.25, -0.2) is 4.79 Å². The van der Waals surface area contributed by atoms with E-state index in [0.717, 1.165) is 6.42 Å². The van der Waals surface area contributed by atoms with Crippen molar-refractivity contribution in [1.29, 1.82) is 5.26 Å². The first kappa shape index (κ1) is 12.3. The molecule has 0 bridgehead atoms. The minimum atomic E-state index is -0.275. The highest BCUT2D eigenvalue weighted by Crippen LogP contribution is 2.19. The van der Waals surface area contributed by atoms with Gasteiger partial charge in [0.05, 0.1) is 10.6 Å². The molecule has 84 valence electrons. The summed E-state index contributed by atoms with van der Waals surface area (Å²) in [5.41, 5.74) is 0.957. The molecule has 0 saturated carbocycles. The Balaban J connectivity index is 2.65. The van der Waals surface area contributed by atoms with Gasteiger partial charge in [0, 0.05) is 12.2 Å². The third-order valence-corrected chi connectivity index (χ3v) is 2.20. The number of benzene rings is 1. The lowest BCUT2D eigenvalue weighted by atomic mass is 10.2. The molecule has 5 heteroatoms. The molecule has 0 radical (unpaired) electrons. The summed E-state index contributed by atoms with van der Waals surface area (Å²) in [5.74, 6) is 0. The van der Waals surface area contributed by atoms with E-state index < -0.39 is 0 Å². The van der Waals surface area contributed by atoms with Crippen LogP contribution in [0.5, 0.6) is 0 Å². The molecule has 0 spiro atoms. The molecule has 0 heterocycles. The zero-order valence-electron chi connectivity index (χ0n) is 8.88. The van der Waals surface area contributed by atoms with Crippen molar-refractivity contribution in [3.05, 3.63) is 28.8 Å². The van der Waals surface area contributed by atoms with Crippen LogP contribution in [0.2, 0.25) is 5.02 Å². The number of hydrogen-bond donors (Lipinski definition) is 2. The second-order valence-electron chi connectivity index (χ2n) is 3.19. The highest BCUT2D eigenvalue weighted by molar-refractivity contribution is 6.32. The predicted molar refractivity (Wildman–Crippen MR) is 63.5 cm³/mol. The molecule has 2 amide bonds. The van der Waals surface area contributed by atoms with Gasteiger partial charge in [-0.3, -0.25) is 0 Å². The summed E-state index contributed by atoms with van der Waals surface area (Å²) in [6.07, 6.45) is 0.877. The number of hydrogen-bond acceptors (Lipinski definition) is 2. The molecule has 4 nitrogen and oxygen atoms in total. The lowest BCUT2D eigenvalue weighted by Crippen LogP contribution is -2.29. The standard InChI is InChI=1S/C11H12ClN3O/c1-2-5-14-11(16)15-9-4-3-8(7-13)10(12)6-9/h3-4,6H,2,5H2,1H3,(H2,14,15,16). The number of rotatable bonds is 3. The highest BCUT2D eigenvalue weighted by atomic mass is 35.5. The Morgan fingerprint density at radius 2 is 2.31 bits per heavy atom. The molecular weight excluding hydrogens is 226 g/mol. The number of nitrogens with one attached hydrogen (secondary N) is 2. The second kappa shape index (κ2) is 5.99. The third-order valence-electron chi connectivity index (χ3n) is 1.88. The van der Waals surface area contributed by atoms with Gasteiger partial charge in [-0.15, -0.1) is 0 Å². The van der Waals surface area contributed by atoms with Crippen molar-refractivity contribution in [3.8, 4) is 6.07 Å². The largest absolute Gasteiger partial charge is 0.338 e. The number of amides is 2. The average Bonchev–Trinajstić information content (AvgIpc) is 2.26. The van der Waals surface area contributed by atoms with Crippen LogP contribution in [0.3, 0.4) is 0 Å². The minimum absolute atomic E-state index is 0.275. The monoisotopic (exact) mass is 237 g/mol. The lowest BCUT2D eigenvalue weighted by Gasteiger charge is -2.07. The van der Waals surface area contributed by atoms with Crippen molar-refractivity contribution in [2.24, 2.45) is 0 Å². The van der Waals surface area contributed by atoms with E-state index in [2.05, 4.69) is 10.6 Å². The normalized spacial score (nSPS) is 9.31. The summed E-state index contributed by atoms with van der Waals surface area (Å²) in [7, 11) is 0. The van der Waals surface area contributed by atoms with E-state index in [1.54, 1.807) is 18.2 Å². The van der Waals surface area contributed by atoms with Crippen molar-refractivity contribution in [1.82, 2.24) is 5.32 Å². The van der Waals surface area contributed by atoms with Gasteiger partial charge in [0.1, 0.15) is 6.07 Å². The molecule has 2 N–H and O–H groups in total. The van der Waals surface area contributed by atoms with Gasteiger partial charge in [0.25, 0.3) is 0 Å². The lowest BCUT2D eigenvalue weighted by molar-refractivity contribution is 0.252. The van der Waals surface area contributed by atoms with Gasteiger partial charge in [0.15, 0.2) is 0 Å². The molecule has 0 aromatic heterocycles. The van der Waals surface area contributed by atoms with Gasteiger partial charge in [-0.05, 0) is 24.6 Å². The molecule has 0 aliphatic heterocycles. The SMILES string of the molecule is CCCNC(=O)Nc1ccc(C#N)c(Cl)c1. The molecule has 0 unspecified atom stereocenters. The topological polar surface area (TPSA) is 64.9 Å². The fourth-order valence-corrected chi connectivity index (χ4v) is 1.32. The molecular formula is C11H12ClN3O. The Bertz CT molecular complexity index is 426. The first-order valence-electron chi connectivity index (χ1n) is 4.92. The summed E-state index contributed by atoms with van der Waals surface area (Å²) in [6.45, 7) is 2.59. The molecule has 0 atom stereocenters. The van der Waals surface area contributed by atoms with Crippen LogP contribution in [0.4, 0.5) is 10.5 Å². The molecule has 0 aliphatic rings. The van der Waals surface area contributed by atoms with Gasteiger partial charge in [-0.2, -0.15) is 5.26 Å². The summed E-state index contributed by atoms with van der Waals surface area (Å²) in [5, 5.41) is 14.3. The Hall–Kier alpha value is -1.73. The molecule has 1 rings (SSSR count). The van der Waals surface area contributed by atoms with Gasteiger partial charge < -0.3 is 10.6 Å². The molecule has 0 saturated heterocycles. The Morgan fingerprint density at radius 1 is 1.56 bits per heavy atom. The molecule has 1 aromatic rings. The minimum Gasteiger partial charge on any atom is -0.338 e. The summed E-state index contributed by atoms with van der Waals surface area (Å²) in [4.78, 5) is 11.3. The van der Waals surface area contributed by atoms with E-state index in [4.69, 9.17) is 16.9 Å². The van der Waals surface area contributed by atoms with Crippen LogP contribution in [0.25, 0.3) is 0 Å². The van der Waals surface area contributed by atoms with Crippen molar-refractivity contribution >= 4 is 23.3 Å². The molecule has 16 heavy (non-hydrogen) atoms. The first-order chi connectivity index (χ1) is 7.67. The Morgan fingerprint density at radius 3 is 2.88 bits per heavy atom. The average molecular weight is 238 g/mol. The zero-order chi connectivity index (χ0) is 12.0. The van der Waals surface area contributed by atoms with Gasteiger partial charge >= 0.3 is 6.03 Å². The van der Waals surface area contributed by atoms with E-state index in [0.29, 0.717) is 22.8 Å². The Kier molecular flexibility index (Phi) is 4.62. The maximum Gasteiger partial charge on any atom is 0.319 e. The zero-order valence-corrected chi connectivity index (χ0v) is 9.64. The summed E-state index contributed by atoms with van der Waals surface area (Å²) < 4.78 is 0. The molecule has 0 aliphatic carbocycles. The number of nitriles is 1. The number of halogens is 1. The highest BCUT2D eigenvalue weighted by Gasteiger charge is 2.03. The number of nitrogens with zero attached hydrogens (tertiary/aromatic N) is 1. The maximum absolute atomic E-state index is 11.3. The first-order valence-corrected chi connectivity index (χ1v) is 5.29. The van der Waals surface area contributed by atoms with Crippen LogP contribution in [0.1, 0.15) is 18.9 Å².